The zero-order chi connectivity index (χ0) is 8.20. The van der Waals surface area contributed by atoms with Crippen LogP contribution in [-0.4, -0.2) is 11.7 Å². The highest BCUT2D eigenvalue weighted by atomic mass is 16.3. The van der Waals surface area contributed by atoms with Gasteiger partial charge >= 0.3 is 0 Å². The number of rotatable bonds is 4. The Balaban J connectivity index is 3.82. The van der Waals surface area contributed by atoms with Crippen molar-refractivity contribution in [2.24, 2.45) is 11.3 Å². The molecule has 0 aromatic carbocycles. The van der Waals surface area contributed by atoms with E-state index < -0.39 is 0 Å². The molecule has 1 nitrogen and oxygen atoms in total. The normalized spacial score (nSPS) is 15.3. The van der Waals surface area contributed by atoms with Crippen LogP contribution in [0.5, 0.6) is 0 Å². The van der Waals surface area contributed by atoms with Gasteiger partial charge in [-0.3, -0.25) is 0 Å². The zero-order valence-electron chi connectivity index (χ0n) is 7.65. The Morgan fingerprint density at radius 2 is 1.90 bits per heavy atom. The van der Waals surface area contributed by atoms with Gasteiger partial charge in [0.2, 0.25) is 0 Å². The summed E-state index contributed by atoms with van der Waals surface area (Å²) >= 11 is 0. The number of aliphatic hydroxyl groups excluding tert-OH is 1. The molecule has 0 amide bonds. The summed E-state index contributed by atoms with van der Waals surface area (Å²) < 4.78 is 0. The van der Waals surface area contributed by atoms with Crippen molar-refractivity contribution in [3.05, 3.63) is 0 Å². The Labute approximate surface area is 64.5 Å². The molecule has 0 aliphatic rings. The van der Waals surface area contributed by atoms with Crippen molar-refractivity contribution < 1.29 is 5.11 Å². The summed E-state index contributed by atoms with van der Waals surface area (Å²) in [6.45, 7) is 9.20. The summed E-state index contributed by atoms with van der Waals surface area (Å²) in [7, 11) is 0. The summed E-state index contributed by atoms with van der Waals surface area (Å²) in [5.74, 6) is 0.708. The van der Waals surface area contributed by atoms with E-state index in [0.717, 1.165) is 6.42 Å². The molecular weight excluding hydrogens is 124 g/mol. The van der Waals surface area contributed by atoms with Gasteiger partial charge in [-0.1, -0.05) is 34.1 Å². The van der Waals surface area contributed by atoms with E-state index in [4.69, 9.17) is 5.11 Å². The van der Waals surface area contributed by atoms with Crippen molar-refractivity contribution in [2.75, 3.05) is 6.61 Å². The molecule has 1 unspecified atom stereocenters. The fourth-order valence-electron chi connectivity index (χ4n) is 1.09. The minimum atomic E-state index is 0.309. The fraction of sp³-hybridized carbons (Fsp3) is 1.00. The van der Waals surface area contributed by atoms with E-state index in [2.05, 4.69) is 27.7 Å². The molecule has 0 heterocycles. The van der Waals surface area contributed by atoms with E-state index in [0.29, 0.717) is 17.9 Å². The molecule has 0 radical (unpaired) electrons. The maximum atomic E-state index is 8.75. The summed E-state index contributed by atoms with van der Waals surface area (Å²) in [5, 5.41) is 8.75. The van der Waals surface area contributed by atoms with E-state index in [1.165, 1.54) is 6.42 Å². The predicted molar refractivity (Wildman–Crippen MR) is 44.9 cm³/mol. The molecule has 0 fully saturated rings. The highest BCUT2D eigenvalue weighted by Gasteiger charge is 2.23. The molecule has 0 spiro atoms. The molecule has 0 rings (SSSR count). The standard InChI is InChI=1S/C9H20O/c1-5-8(2)9(3,4)6-7-10/h8,10H,5-7H2,1-4H3. The smallest absolute Gasteiger partial charge is 0.0436 e. The average molecular weight is 144 g/mol. The first-order valence-electron chi connectivity index (χ1n) is 4.15. The van der Waals surface area contributed by atoms with E-state index in [1.807, 2.05) is 0 Å². The molecular formula is C9H20O. The van der Waals surface area contributed by atoms with Gasteiger partial charge in [0.05, 0.1) is 0 Å². The van der Waals surface area contributed by atoms with E-state index in [1.54, 1.807) is 0 Å². The maximum Gasteiger partial charge on any atom is 0.0436 e. The highest BCUT2D eigenvalue weighted by molar-refractivity contribution is 4.73. The van der Waals surface area contributed by atoms with Gasteiger partial charge in [-0.15, -0.1) is 0 Å². The molecule has 1 heteroatoms. The number of aliphatic hydroxyl groups is 1. The second-order valence-electron chi connectivity index (χ2n) is 3.77. The Hall–Kier alpha value is -0.0400. The molecule has 1 atom stereocenters. The van der Waals surface area contributed by atoms with Crippen molar-refractivity contribution in [3.63, 3.8) is 0 Å². The number of hydrogen-bond acceptors (Lipinski definition) is 1. The molecule has 0 aromatic heterocycles. The monoisotopic (exact) mass is 144 g/mol. The molecule has 0 aliphatic heterocycles. The summed E-state index contributed by atoms with van der Waals surface area (Å²) in [5.41, 5.74) is 0.309. The van der Waals surface area contributed by atoms with Gasteiger partial charge in [0.1, 0.15) is 0 Å². The van der Waals surface area contributed by atoms with Crippen LogP contribution in [0.15, 0.2) is 0 Å². The van der Waals surface area contributed by atoms with Crippen LogP contribution in [0.4, 0.5) is 0 Å². The zero-order valence-corrected chi connectivity index (χ0v) is 7.65. The minimum absolute atomic E-state index is 0.309. The second kappa shape index (κ2) is 3.97. The Bertz CT molecular complexity index is 86.7. The topological polar surface area (TPSA) is 20.2 Å². The van der Waals surface area contributed by atoms with Crippen LogP contribution < -0.4 is 0 Å². The molecule has 1 N–H and O–H groups in total. The van der Waals surface area contributed by atoms with E-state index in [9.17, 15) is 0 Å². The summed E-state index contributed by atoms with van der Waals surface area (Å²) in [6, 6.07) is 0. The van der Waals surface area contributed by atoms with Crippen molar-refractivity contribution in [2.45, 2.75) is 40.5 Å². The lowest BCUT2D eigenvalue weighted by Crippen LogP contribution is -2.22. The number of hydrogen-bond donors (Lipinski definition) is 1. The summed E-state index contributed by atoms with van der Waals surface area (Å²) in [6.07, 6.45) is 2.12. The highest BCUT2D eigenvalue weighted by Crippen LogP contribution is 2.31. The van der Waals surface area contributed by atoms with Gasteiger partial charge in [0.25, 0.3) is 0 Å². The minimum Gasteiger partial charge on any atom is -0.396 e. The van der Waals surface area contributed by atoms with E-state index in [-0.39, 0.29) is 0 Å². The van der Waals surface area contributed by atoms with Crippen LogP contribution in [0.3, 0.4) is 0 Å². The maximum absolute atomic E-state index is 8.75. The van der Waals surface area contributed by atoms with Gasteiger partial charge in [-0.05, 0) is 17.8 Å². The van der Waals surface area contributed by atoms with Crippen LogP contribution in [-0.2, 0) is 0 Å². The van der Waals surface area contributed by atoms with Crippen molar-refractivity contribution in [3.8, 4) is 0 Å². The lowest BCUT2D eigenvalue weighted by molar-refractivity contribution is 0.152. The second-order valence-corrected chi connectivity index (χ2v) is 3.77. The van der Waals surface area contributed by atoms with Gasteiger partial charge < -0.3 is 5.11 Å². The lowest BCUT2D eigenvalue weighted by atomic mass is 9.76. The van der Waals surface area contributed by atoms with Crippen LogP contribution in [0.25, 0.3) is 0 Å². The third-order valence-corrected chi connectivity index (χ3v) is 2.70. The Kier molecular flexibility index (Phi) is 3.95. The third kappa shape index (κ3) is 2.70. The fourth-order valence-corrected chi connectivity index (χ4v) is 1.09. The molecule has 0 saturated carbocycles. The van der Waals surface area contributed by atoms with E-state index >= 15 is 0 Å². The SMILES string of the molecule is CCC(C)C(C)(C)CCO. The molecule has 0 aliphatic carbocycles. The van der Waals surface area contributed by atoms with Gasteiger partial charge in [0.15, 0.2) is 0 Å². The molecule has 0 bridgehead atoms. The average Bonchev–Trinajstić information content (AvgIpc) is 1.86. The van der Waals surface area contributed by atoms with Crippen LogP contribution >= 0.6 is 0 Å². The molecule has 62 valence electrons. The van der Waals surface area contributed by atoms with Crippen molar-refractivity contribution in [1.29, 1.82) is 0 Å². The molecule has 0 aromatic rings. The van der Waals surface area contributed by atoms with Crippen molar-refractivity contribution in [1.82, 2.24) is 0 Å². The first-order valence-corrected chi connectivity index (χ1v) is 4.15. The van der Waals surface area contributed by atoms with Crippen LogP contribution in [0, 0.1) is 11.3 Å². The quantitative estimate of drug-likeness (QED) is 0.642. The molecule has 0 saturated heterocycles. The Morgan fingerprint density at radius 1 is 1.40 bits per heavy atom. The molecule has 10 heavy (non-hydrogen) atoms. The Morgan fingerprint density at radius 3 is 2.20 bits per heavy atom. The van der Waals surface area contributed by atoms with Crippen LogP contribution in [0.1, 0.15) is 40.5 Å². The largest absolute Gasteiger partial charge is 0.396 e. The van der Waals surface area contributed by atoms with Gasteiger partial charge in [0, 0.05) is 6.61 Å². The van der Waals surface area contributed by atoms with Gasteiger partial charge in [-0.2, -0.15) is 0 Å². The third-order valence-electron chi connectivity index (χ3n) is 2.70. The van der Waals surface area contributed by atoms with Crippen LogP contribution in [0.2, 0.25) is 0 Å². The first-order chi connectivity index (χ1) is 4.54. The predicted octanol–water partition coefficient (Wildman–Crippen LogP) is 2.44. The van der Waals surface area contributed by atoms with Gasteiger partial charge in [-0.25, -0.2) is 0 Å². The van der Waals surface area contributed by atoms with Crippen molar-refractivity contribution >= 4 is 0 Å². The lowest BCUT2D eigenvalue weighted by Gasteiger charge is -2.30. The summed E-state index contributed by atoms with van der Waals surface area (Å²) in [4.78, 5) is 0. The first kappa shape index (κ1) is 9.96.